The van der Waals surface area contributed by atoms with E-state index in [1.54, 1.807) is 16.8 Å². The van der Waals surface area contributed by atoms with Gasteiger partial charge in [-0.05, 0) is 13.8 Å². The SMILES string of the molecule is CCN(CC)C(=O)N(C)CCC(N)=S. The van der Waals surface area contributed by atoms with Crippen molar-refractivity contribution < 1.29 is 4.79 Å². The number of amides is 2. The van der Waals surface area contributed by atoms with Crippen LogP contribution in [0, 0.1) is 0 Å². The third-order valence-electron chi connectivity index (χ3n) is 2.05. The molecular formula is C9H19N3OS. The van der Waals surface area contributed by atoms with Crippen LogP contribution in [0.3, 0.4) is 0 Å². The van der Waals surface area contributed by atoms with Crippen LogP contribution in [0.15, 0.2) is 0 Å². The van der Waals surface area contributed by atoms with Gasteiger partial charge < -0.3 is 15.5 Å². The zero-order chi connectivity index (χ0) is 11.1. The largest absolute Gasteiger partial charge is 0.393 e. The van der Waals surface area contributed by atoms with Crippen LogP contribution in [0.2, 0.25) is 0 Å². The van der Waals surface area contributed by atoms with Crippen molar-refractivity contribution >= 4 is 23.2 Å². The van der Waals surface area contributed by atoms with Crippen molar-refractivity contribution in [2.24, 2.45) is 5.73 Å². The normalized spacial score (nSPS) is 9.64. The summed E-state index contributed by atoms with van der Waals surface area (Å²) in [6.45, 7) is 5.97. The van der Waals surface area contributed by atoms with Gasteiger partial charge in [0.15, 0.2) is 0 Å². The molecule has 0 heterocycles. The van der Waals surface area contributed by atoms with Crippen LogP contribution < -0.4 is 5.73 Å². The fourth-order valence-electron chi connectivity index (χ4n) is 1.11. The molecule has 0 aromatic rings. The van der Waals surface area contributed by atoms with E-state index in [0.29, 0.717) is 18.0 Å². The summed E-state index contributed by atoms with van der Waals surface area (Å²) in [5, 5.41) is 0. The van der Waals surface area contributed by atoms with Crippen molar-refractivity contribution in [1.82, 2.24) is 9.80 Å². The second kappa shape index (κ2) is 6.59. The lowest BCUT2D eigenvalue weighted by Crippen LogP contribution is -2.41. The highest BCUT2D eigenvalue weighted by molar-refractivity contribution is 7.80. The molecule has 2 N–H and O–H groups in total. The molecule has 0 aromatic carbocycles. The molecule has 0 bridgehead atoms. The van der Waals surface area contributed by atoms with Crippen LogP contribution in [-0.2, 0) is 0 Å². The average molecular weight is 217 g/mol. The Labute approximate surface area is 91.0 Å². The molecule has 2 amide bonds. The second-order valence-electron chi connectivity index (χ2n) is 3.09. The molecule has 0 fully saturated rings. The van der Waals surface area contributed by atoms with Gasteiger partial charge in [0.2, 0.25) is 0 Å². The van der Waals surface area contributed by atoms with E-state index < -0.39 is 0 Å². The Kier molecular flexibility index (Phi) is 6.19. The van der Waals surface area contributed by atoms with Gasteiger partial charge in [0.1, 0.15) is 0 Å². The first kappa shape index (κ1) is 13.2. The van der Waals surface area contributed by atoms with Crippen LogP contribution in [-0.4, -0.2) is 47.5 Å². The first-order valence-electron chi connectivity index (χ1n) is 4.81. The number of hydrogen-bond donors (Lipinski definition) is 1. The molecule has 0 spiro atoms. The number of thiocarbonyl (C=S) groups is 1. The minimum Gasteiger partial charge on any atom is -0.393 e. The van der Waals surface area contributed by atoms with Gasteiger partial charge in [0.25, 0.3) is 0 Å². The summed E-state index contributed by atoms with van der Waals surface area (Å²) in [5.74, 6) is 0. The van der Waals surface area contributed by atoms with E-state index in [1.807, 2.05) is 13.8 Å². The molecule has 0 rings (SSSR count). The van der Waals surface area contributed by atoms with E-state index in [1.165, 1.54) is 0 Å². The first-order valence-corrected chi connectivity index (χ1v) is 5.22. The van der Waals surface area contributed by atoms with Gasteiger partial charge >= 0.3 is 6.03 Å². The van der Waals surface area contributed by atoms with Crippen LogP contribution in [0.1, 0.15) is 20.3 Å². The number of hydrogen-bond acceptors (Lipinski definition) is 2. The Balaban J connectivity index is 4.03. The molecular weight excluding hydrogens is 198 g/mol. The van der Waals surface area contributed by atoms with Gasteiger partial charge in [-0.3, -0.25) is 0 Å². The van der Waals surface area contributed by atoms with Crippen molar-refractivity contribution in [1.29, 1.82) is 0 Å². The molecule has 82 valence electrons. The summed E-state index contributed by atoms with van der Waals surface area (Å²) < 4.78 is 0. The number of urea groups is 1. The monoisotopic (exact) mass is 217 g/mol. The van der Waals surface area contributed by atoms with Gasteiger partial charge in [-0.25, -0.2) is 4.79 Å². The number of nitrogens with two attached hydrogens (primary N) is 1. The summed E-state index contributed by atoms with van der Waals surface area (Å²) in [4.78, 5) is 15.5. The lowest BCUT2D eigenvalue weighted by atomic mass is 10.4. The van der Waals surface area contributed by atoms with Crippen molar-refractivity contribution in [3.8, 4) is 0 Å². The minimum atomic E-state index is 0.0336. The molecule has 0 unspecified atom stereocenters. The lowest BCUT2D eigenvalue weighted by Gasteiger charge is -2.25. The standard InChI is InChI=1S/C9H19N3OS/c1-4-12(5-2)9(13)11(3)7-6-8(10)14/h4-7H2,1-3H3,(H2,10,14). The Morgan fingerprint density at radius 1 is 1.36 bits per heavy atom. The molecule has 0 radical (unpaired) electrons. The van der Waals surface area contributed by atoms with Crippen molar-refractivity contribution in [2.75, 3.05) is 26.7 Å². The molecule has 0 aliphatic rings. The minimum absolute atomic E-state index is 0.0336. The zero-order valence-electron chi connectivity index (χ0n) is 9.12. The molecule has 0 atom stereocenters. The number of carbonyl (C=O) groups is 1. The van der Waals surface area contributed by atoms with Gasteiger partial charge in [0.05, 0.1) is 4.99 Å². The fraction of sp³-hybridized carbons (Fsp3) is 0.778. The van der Waals surface area contributed by atoms with Crippen molar-refractivity contribution in [3.05, 3.63) is 0 Å². The fourth-order valence-corrected chi connectivity index (χ4v) is 1.20. The first-order chi connectivity index (χ1) is 6.52. The summed E-state index contributed by atoms with van der Waals surface area (Å²) in [6.07, 6.45) is 0.582. The molecule has 5 heteroatoms. The molecule has 0 aliphatic carbocycles. The molecule has 0 aliphatic heterocycles. The summed E-state index contributed by atoms with van der Waals surface area (Å²) in [6, 6.07) is 0.0336. The van der Waals surface area contributed by atoms with Gasteiger partial charge in [-0.2, -0.15) is 0 Å². The van der Waals surface area contributed by atoms with E-state index in [9.17, 15) is 4.79 Å². The summed E-state index contributed by atoms with van der Waals surface area (Å²) in [7, 11) is 1.76. The van der Waals surface area contributed by atoms with Gasteiger partial charge in [-0.1, -0.05) is 12.2 Å². The molecule has 4 nitrogen and oxygen atoms in total. The van der Waals surface area contributed by atoms with Crippen molar-refractivity contribution in [2.45, 2.75) is 20.3 Å². The molecule has 0 saturated carbocycles. The Bertz CT molecular complexity index is 204. The Morgan fingerprint density at radius 3 is 2.21 bits per heavy atom. The predicted molar refractivity (Wildman–Crippen MR) is 62.3 cm³/mol. The quantitative estimate of drug-likeness (QED) is 0.700. The van der Waals surface area contributed by atoms with Gasteiger partial charge in [0, 0.05) is 33.1 Å². The summed E-state index contributed by atoms with van der Waals surface area (Å²) in [5.41, 5.74) is 5.36. The molecule has 0 saturated heterocycles. The van der Waals surface area contributed by atoms with E-state index in [0.717, 1.165) is 13.1 Å². The topological polar surface area (TPSA) is 49.6 Å². The van der Waals surface area contributed by atoms with E-state index in [2.05, 4.69) is 0 Å². The number of nitrogens with zero attached hydrogens (tertiary/aromatic N) is 2. The highest BCUT2D eigenvalue weighted by atomic mass is 32.1. The van der Waals surface area contributed by atoms with Crippen LogP contribution in [0.4, 0.5) is 4.79 Å². The van der Waals surface area contributed by atoms with Crippen LogP contribution in [0.25, 0.3) is 0 Å². The van der Waals surface area contributed by atoms with Gasteiger partial charge in [-0.15, -0.1) is 0 Å². The average Bonchev–Trinajstić information content (AvgIpc) is 2.15. The summed E-state index contributed by atoms with van der Waals surface area (Å²) >= 11 is 4.75. The van der Waals surface area contributed by atoms with E-state index in [4.69, 9.17) is 18.0 Å². The number of carbonyl (C=O) groups excluding carboxylic acids is 1. The highest BCUT2D eigenvalue weighted by Crippen LogP contribution is 1.97. The maximum Gasteiger partial charge on any atom is 0.319 e. The highest BCUT2D eigenvalue weighted by Gasteiger charge is 2.13. The third kappa shape index (κ3) is 4.41. The van der Waals surface area contributed by atoms with Crippen molar-refractivity contribution in [3.63, 3.8) is 0 Å². The van der Waals surface area contributed by atoms with Crippen LogP contribution >= 0.6 is 12.2 Å². The Hall–Kier alpha value is -0.840. The maximum absolute atomic E-state index is 11.7. The van der Waals surface area contributed by atoms with Crippen LogP contribution in [0.5, 0.6) is 0 Å². The number of rotatable bonds is 5. The Morgan fingerprint density at radius 2 is 1.86 bits per heavy atom. The van der Waals surface area contributed by atoms with E-state index >= 15 is 0 Å². The lowest BCUT2D eigenvalue weighted by molar-refractivity contribution is 0.169. The van der Waals surface area contributed by atoms with E-state index in [-0.39, 0.29) is 6.03 Å². The second-order valence-corrected chi connectivity index (χ2v) is 3.62. The maximum atomic E-state index is 11.7. The molecule has 14 heavy (non-hydrogen) atoms. The molecule has 0 aromatic heterocycles. The third-order valence-corrected chi connectivity index (χ3v) is 2.26. The predicted octanol–water partition coefficient (Wildman–Crippen LogP) is 1.06. The smallest absolute Gasteiger partial charge is 0.319 e. The zero-order valence-corrected chi connectivity index (χ0v) is 9.93.